The SMILES string of the molecule is Cc1ccc2nc(-c3cc(Cl)ccc3C)cn2c1. The zero-order valence-corrected chi connectivity index (χ0v) is 11.1. The van der Waals surface area contributed by atoms with Crippen LogP contribution in [0.2, 0.25) is 5.02 Å². The van der Waals surface area contributed by atoms with Gasteiger partial charge in [-0.2, -0.15) is 0 Å². The molecule has 90 valence electrons. The predicted molar refractivity (Wildman–Crippen MR) is 75.1 cm³/mol. The molecule has 0 bridgehead atoms. The number of pyridine rings is 1. The van der Waals surface area contributed by atoms with E-state index in [1.54, 1.807) is 0 Å². The summed E-state index contributed by atoms with van der Waals surface area (Å²) in [7, 11) is 0. The molecule has 2 heterocycles. The number of hydrogen-bond acceptors (Lipinski definition) is 1. The standard InChI is InChI=1S/C15H13ClN2/c1-10-3-6-15-17-14(9-18(15)8-10)13-7-12(16)5-4-11(13)2/h3-9H,1-2H3. The number of aromatic nitrogens is 2. The van der Waals surface area contributed by atoms with Crippen LogP contribution in [0.5, 0.6) is 0 Å². The topological polar surface area (TPSA) is 17.3 Å². The number of hydrogen-bond donors (Lipinski definition) is 0. The van der Waals surface area contributed by atoms with E-state index in [4.69, 9.17) is 11.6 Å². The van der Waals surface area contributed by atoms with Gasteiger partial charge in [0.15, 0.2) is 0 Å². The van der Waals surface area contributed by atoms with Crippen LogP contribution in [-0.2, 0) is 0 Å². The number of halogens is 1. The van der Waals surface area contributed by atoms with E-state index in [-0.39, 0.29) is 0 Å². The third-order valence-corrected chi connectivity index (χ3v) is 3.31. The monoisotopic (exact) mass is 256 g/mol. The van der Waals surface area contributed by atoms with Gasteiger partial charge in [-0.25, -0.2) is 4.98 Å². The summed E-state index contributed by atoms with van der Waals surface area (Å²) in [5.74, 6) is 0. The molecule has 3 rings (SSSR count). The highest BCUT2D eigenvalue weighted by Crippen LogP contribution is 2.26. The number of imidazole rings is 1. The van der Waals surface area contributed by atoms with Crippen LogP contribution >= 0.6 is 11.6 Å². The minimum Gasteiger partial charge on any atom is -0.306 e. The molecule has 3 aromatic rings. The number of nitrogens with zero attached hydrogens (tertiary/aromatic N) is 2. The number of rotatable bonds is 1. The molecule has 1 aromatic carbocycles. The zero-order valence-electron chi connectivity index (χ0n) is 10.3. The van der Waals surface area contributed by atoms with Crippen LogP contribution in [0.25, 0.3) is 16.9 Å². The Morgan fingerprint density at radius 3 is 2.72 bits per heavy atom. The van der Waals surface area contributed by atoms with Gasteiger partial charge in [0.2, 0.25) is 0 Å². The van der Waals surface area contributed by atoms with Crippen LogP contribution in [0.1, 0.15) is 11.1 Å². The maximum absolute atomic E-state index is 6.06. The van der Waals surface area contributed by atoms with E-state index in [2.05, 4.69) is 31.1 Å². The molecule has 0 aliphatic rings. The number of fused-ring (bicyclic) bond motifs is 1. The highest BCUT2D eigenvalue weighted by molar-refractivity contribution is 6.30. The van der Waals surface area contributed by atoms with Crippen molar-refractivity contribution in [1.82, 2.24) is 9.38 Å². The summed E-state index contributed by atoms with van der Waals surface area (Å²) in [6.07, 6.45) is 4.12. The normalized spacial score (nSPS) is 11.1. The molecule has 0 amide bonds. The second kappa shape index (κ2) is 4.14. The molecular weight excluding hydrogens is 244 g/mol. The van der Waals surface area contributed by atoms with Gasteiger partial charge in [0.05, 0.1) is 5.69 Å². The average Bonchev–Trinajstić information content (AvgIpc) is 2.74. The minimum atomic E-state index is 0.740. The second-order valence-corrected chi connectivity index (χ2v) is 4.99. The van der Waals surface area contributed by atoms with Gasteiger partial charge in [0, 0.05) is 23.0 Å². The van der Waals surface area contributed by atoms with E-state index >= 15 is 0 Å². The molecule has 0 spiro atoms. The molecule has 2 nitrogen and oxygen atoms in total. The molecule has 0 saturated heterocycles. The lowest BCUT2D eigenvalue weighted by Gasteiger charge is -2.02. The first-order valence-corrected chi connectivity index (χ1v) is 6.23. The Balaban J connectivity index is 2.22. The minimum absolute atomic E-state index is 0.740. The van der Waals surface area contributed by atoms with E-state index in [9.17, 15) is 0 Å². The summed E-state index contributed by atoms with van der Waals surface area (Å²) in [5, 5.41) is 0.740. The van der Waals surface area contributed by atoms with Crippen molar-refractivity contribution in [3.63, 3.8) is 0 Å². The van der Waals surface area contributed by atoms with Crippen molar-refractivity contribution in [1.29, 1.82) is 0 Å². The van der Waals surface area contributed by atoms with E-state index in [0.29, 0.717) is 0 Å². The van der Waals surface area contributed by atoms with Crippen molar-refractivity contribution < 1.29 is 0 Å². The molecule has 0 saturated carbocycles. The highest BCUT2D eigenvalue weighted by Gasteiger charge is 2.07. The quantitative estimate of drug-likeness (QED) is 0.636. The first kappa shape index (κ1) is 11.3. The Hall–Kier alpha value is -1.80. The van der Waals surface area contributed by atoms with E-state index in [1.165, 1.54) is 11.1 Å². The van der Waals surface area contributed by atoms with Crippen molar-refractivity contribution in [3.05, 3.63) is 58.9 Å². The summed E-state index contributed by atoms with van der Waals surface area (Å²) in [6.45, 7) is 4.14. The third kappa shape index (κ3) is 1.89. The molecule has 0 aliphatic heterocycles. The number of aryl methyl sites for hydroxylation is 2. The Morgan fingerprint density at radius 2 is 1.89 bits per heavy atom. The predicted octanol–water partition coefficient (Wildman–Crippen LogP) is 4.27. The van der Waals surface area contributed by atoms with Gasteiger partial charge in [-0.1, -0.05) is 23.7 Å². The van der Waals surface area contributed by atoms with Gasteiger partial charge in [-0.3, -0.25) is 0 Å². The maximum atomic E-state index is 6.06. The Morgan fingerprint density at radius 1 is 1.06 bits per heavy atom. The van der Waals surface area contributed by atoms with Gasteiger partial charge in [-0.15, -0.1) is 0 Å². The van der Waals surface area contributed by atoms with Gasteiger partial charge >= 0.3 is 0 Å². The fraction of sp³-hybridized carbons (Fsp3) is 0.133. The smallest absolute Gasteiger partial charge is 0.137 e. The van der Waals surface area contributed by atoms with E-state index < -0.39 is 0 Å². The summed E-state index contributed by atoms with van der Waals surface area (Å²) >= 11 is 6.06. The fourth-order valence-electron chi connectivity index (χ4n) is 2.10. The lowest BCUT2D eigenvalue weighted by Crippen LogP contribution is -1.82. The molecule has 0 fully saturated rings. The van der Waals surface area contributed by atoms with Crippen LogP contribution in [0, 0.1) is 13.8 Å². The summed E-state index contributed by atoms with van der Waals surface area (Å²) in [6, 6.07) is 9.98. The molecule has 3 heteroatoms. The van der Waals surface area contributed by atoms with Crippen molar-refractivity contribution in [2.45, 2.75) is 13.8 Å². The Bertz CT molecular complexity index is 728. The van der Waals surface area contributed by atoms with Gasteiger partial charge in [0.1, 0.15) is 5.65 Å². The van der Waals surface area contributed by atoms with Gasteiger partial charge in [0.25, 0.3) is 0 Å². The lowest BCUT2D eigenvalue weighted by atomic mass is 10.1. The fourth-order valence-corrected chi connectivity index (χ4v) is 2.28. The molecule has 0 radical (unpaired) electrons. The number of benzene rings is 1. The first-order chi connectivity index (χ1) is 8.63. The lowest BCUT2D eigenvalue weighted by molar-refractivity contribution is 1.16. The molecular formula is C15H13ClN2. The van der Waals surface area contributed by atoms with Crippen LogP contribution in [-0.4, -0.2) is 9.38 Å². The zero-order chi connectivity index (χ0) is 12.7. The van der Waals surface area contributed by atoms with Crippen LogP contribution in [0.4, 0.5) is 0 Å². The van der Waals surface area contributed by atoms with Crippen molar-refractivity contribution >= 4 is 17.2 Å². The van der Waals surface area contributed by atoms with Crippen molar-refractivity contribution in [2.24, 2.45) is 0 Å². The summed E-state index contributed by atoms with van der Waals surface area (Å²) in [5.41, 5.74) is 5.40. The van der Waals surface area contributed by atoms with Gasteiger partial charge < -0.3 is 4.40 Å². The first-order valence-electron chi connectivity index (χ1n) is 5.85. The van der Waals surface area contributed by atoms with E-state index in [1.807, 2.05) is 34.9 Å². The Labute approximate surface area is 111 Å². The second-order valence-electron chi connectivity index (χ2n) is 4.56. The molecule has 0 N–H and O–H groups in total. The summed E-state index contributed by atoms with van der Waals surface area (Å²) in [4.78, 5) is 4.63. The highest BCUT2D eigenvalue weighted by atomic mass is 35.5. The third-order valence-electron chi connectivity index (χ3n) is 3.07. The molecule has 0 aliphatic carbocycles. The van der Waals surface area contributed by atoms with Crippen LogP contribution < -0.4 is 0 Å². The van der Waals surface area contributed by atoms with Gasteiger partial charge in [-0.05, 0) is 43.2 Å². The van der Waals surface area contributed by atoms with E-state index in [0.717, 1.165) is 21.9 Å². The molecule has 2 aromatic heterocycles. The molecule has 18 heavy (non-hydrogen) atoms. The molecule has 0 unspecified atom stereocenters. The van der Waals surface area contributed by atoms with Crippen molar-refractivity contribution in [2.75, 3.05) is 0 Å². The van der Waals surface area contributed by atoms with Crippen LogP contribution in [0.3, 0.4) is 0 Å². The van der Waals surface area contributed by atoms with Crippen molar-refractivity contribution in [3.8, 4) is 11.3 Å². The summed E-state index contributed by atoms with van der Waals surface area (Å²) < 4.78 is 2.05. The largest absolute Gasteiger partial charge is 0.306 e. The molecule has 0 atom stereocenters. The Kier molecular flexibility index (Phi) is 2.60. The average molecular weight is 257 g/mol. The maximum Gasteiger partial charge on any atom is 0.137 e. The van der Waals surface area contributed by atoms with Crippen LogP contribution in [0.15, 0.2) is 42.7 Å².